The predicted octanol–water partition coefficient (Wildman–Crippen LogP) is 4.48. The highest BCUT2D eigenvalue weighted by Gasteiger charge is 2.19. The molecular weight excluding hydrogens is 232 g/mol. The van der Waals surface area contributed by atoms with Crippen molar-refractivity contribution >= 4 is 16.6 Å². The summed E-state index contributed by atoms with van der Waals surface area (Å²) in [5.74, 6) is 0. The van der Waals surface area contributed by atoms with Crippen LogP contribution in [0.2, 0.25) is 0 Å². The molecule has 1 aromatic carbocycles. The number of aliphatic imine (C=N–C) groups is 1. The SMILES string of the molecule is CC(=N[C@H](C)C(C)(C)C)c1ccc2ccccc2n1. The maximum Gasteiger partial charge on any atom is 0.0844 e. The van der Waals surface area contributed by atoms with Crippen LogP contribution in [0.4, 0.5) is 0 Å². The van der Waals surface area contributed by atoms with Crippen molar-refractivity contribution in [2.45, 2.75) is 40.7 Å². The van der Waals surface area contributed by atoms with E-state index >= 15 is 0 Å². The summed E-state index contributed by atoms with van der Waals surface area (Å²) in [4.78, 5) is 9.46. The van der Waals surface area contributed by atoms with Gasteiger partial charge in [-0.25, -0.2) is 4.98 Å². The summed E-state index contributed by atoms with van der Waals surface area (Å²) in [6.45, 7) is 10.8. The fraction of sp³-hybridized carbons (Fsp3) is 0.412. The molecule has 0 N–H and O–H groups in total. The van der Waals surface area contributed by atoms with Gasteiger partial charge in [0.1, 0.15) is 0 Å². The molecule has 1 aromatic heterocycles. The van der Waals surface area contributed by atoms with Crippen molar-refractivity contribution in [3.05, 3.63) is 42.1 Å². The summed E-state index contributed by atoms with van der Waals surface area (Å²) in [6.07, 6.45) is 0. The van der Waals surface area contributed by atoms with Gasteiger partial charge in [0.05, 0.1) is 23.0 Å². The fourth-order valence-corrected chi connectivity index (χ4v) is 1.82. The Labute approximate surface area is 115 Å². The lowest BCUT2D eigenvalue weighted by molar-refractivity contribution is 0.342. The molecule has 2 aromatic rings. The van der Waals surface area contributed by atoms with Crippen LogP contribution in [-0.2, 0) is 0 Å². The van der Waals surface area contributed by atoms with Crippen LogP contribution in [0, 0.1) is 5.41 Å². The molecule has 1 atom stereocenters. The first-order valence-electron chi connectivity index (χ1n) is 6.78. The van der Waals surface area contributed by atoms with Gasteiger partial charge in [0, 0.05) is 5.39 Å². The van der Waals surface area contributed by atoms with Crippen molar-refractivity contribution in [1.82, 2.24) is 4.98 Å². The minimum Gasteiger partial charge on any atom is -0.284 e. The molecule has 0 bridgehead atoms. The molecule has 2 rings (SSSR count). The third-order valence-electron chi connectivity index (χ3n) is 3.61. The highest BCUT2D eigenvalue weighted by molar-refractivity contribution is 5.98. The van der Waals surface area contributed by atoms with E-state index in [0.29, 0.717) is 0 Å². The van der Waals surface area contributed by atoms with Crippen LogP contribution < -0.4 is 0 Å². The fourth-order valence-electron chi connectivity index (χ4n) is 1.82. The molecule has 19 heavy (non-hydrogen) atoms. The molecule has 0 aliphatic rings. The molecular formula is C17H22N2. The highest BCUT2D eigenvalue weighted by atomic mass is 14.8. The molecule has 2 nitrogen and oxygen atoms in total. The lowest BCUT2D eigenvalue weighted by Crippen LogP contribution is -2.22. The average Bonchev–Trinajstić information content (AvgIpc) is 2.37. The number of aromatic nitrogens is 1. The third-order valence-corrected chi connectivity index (χ3v) is 3.61. The highest BCUT2D eigenvalue weighted by Crippen LogP contribution is 2.22. The van der Waals surface area contributed by atoms with E-state index in [0.717, 1.165) is 16.9 Å². The van der Waals surface area contributed by atoms with Gasteiger partial charge in [-0.2, -0.15) is 0 Å². The Morgan fingerprint density at radius 1 is 1.11 bits per heavy atom. The van der Waals surface area contributed by atoms with Crippen LogP contribution in [0.25, 0.3) is 10.9 Å². The van der Waals surface area contributed by atoms with E-state index in [4.69, 9.17) is 4.99 Å². The number of fused-ring (bicyclic) bond motifs is 1. The second-order valence-electron chi connectivity index (χ2n) is 6.15. The maximum atomic E-state index is 4.78. The molecule has 0 amide bonds. The van der Waals surface area contributed by atoms with E-state index in [-0.39, 0.29) is 11.5 Å². The molecule has 0 aliphatic heterocycles. The van der Waals surface area contributed by atoms with Gasteiger partial charge < -0.3 is 0 Å². The molecule has 0 fully saturated rings. The summed E-state index contributed by atoms with van der Waals surface area (Å²) in [5.41, 5.74) is 3.18. The number of pyridine rings is 1. The van der Waals surface area contributed by atoms with Crippen molar-refractivity contribution in [1.29, 1.82) is 0 Å². The van der Waals surface area contributed by atoms with Crippen LogP contribution >= 0.6 is 0 Å². The predicted molar refractivity (Wildman–Crippen MR) is 82.9 cm³/mol. The Hall–Kier alpha value is -1.70. The van der Waals surface area contributed by atoms with Crippen LogP contribution in [0.5, 0.6) is 0 Å². The van der Waals surface area contributed by atoms with Crippen molar-refractivity contribution in [2.24, 2.45) is 10.4 Å². The number of hydrogen-bond acceptors (Lipinski definition) is 2. The summed E-state index contributed by atoms with van der Waals surface area (Å²) < 4.78 is 0. The van der Waals surface area contributed by atoms with Crippen molar-refractivity contribution in [3.63, 3.8) is 0 Å². The summed E-state index contributed by atoms with van der Waals surface area (Å²) >= 11 is 0. The summed E-state index contributed by atoms with van der Waals surface area (Å²) in [5, 5.41) is 1.17. The zero-order valence-electron chi connectivity index (χ0n) is 12.4. The second-order valence-corrected chi connectivity index (χ2v) is 6.15. The lowest BCUT2D eigenvalue weighted by atomic mass is 9.88. The summed E-state index contributed by atoms with van der Waals surface area (Å²) in [7, 11) is 0. The van der Waals surface area contributed by atoms with Gasteiger partial charge in [-0.3, -0.25) is 4.99 Å². The van der Waals surface area contributed by atoms with Crippen LogP contribution in [-0.4, -0.2) is 16.7 Å². The van der Waals surface area contributed by atoms with Gasteiger partial charge in [-0.1, -0.05) is 45.0 Å². The first kappa shape index (κ1) is 13.7. The molecule has 0 unspecified atom stereocenters. The Kier molecular flexibility index (Phi) is 3.70. The molecule has 0 saturated carbocycles. The average molecular weight is 254 g/mol. The topological polar surface area (TPSA) is 25.2 Å². The Bertz CT molecular complexity index is 606. The van der Waals surface area contributed by atoms with Gasteiger partial charge in [0.2, 0.25) is 0 Å². The van der Waals surface area contributed by atoms with Crippen molar-refractivity contribution in [3.8, 4) is 0 Å². The summed E-state index contributed by atoms with van der Waals surface area (Å²) in [6, 6.07) is 12.6. The van der Waals surface area contributed by atoms with Crippen LogP contribution in [0.1, 0.15) is 40.3 Å². The maximum absolute atomic E-state index is 4.78. The van der Waals surface area contributed by atoms with E-state index in [1.165, 1.54) is 5.39 Å². The number of hydrogen-bond donors (Lipinski definition) is 0. The van der Waals surface area contributed by atoms with E-state index in [1.807, 2.05) is 25.1 Å². The molecule has 0 aliphatic carbocycles. The van der Waals surface area contributed by atoms with Crippen LogP contribution in [0.15, 0.2) is 41.4 Å². The standard InChI is InChI=1S/C17H22N2/c1-12(18-13(2)17(3,4)5)15-11-10-14-8-6-7-9-16(14)19-15/h6-11,13H,1-5H3/t13-/m1/s1. The van der Waals surface area contributed by atoms with Gasteiger partial charge in [0.15, 0.2) is 0 Å². The van der Waals surface area contributed by atoms with E-state index < -0.39 is 0 Å². The lowest BCUT2D eigenvalue weighted by Gasteiger charge is -2.24. The van der Waals surface area contributed by atoms with Gasteiger partial charge in [-0.05, 0) is 31.4 Å². The van der Waals surface area contributed by atoms with Crippen LogP contribution in [0.3, 0.4) is 0 Å². The first-order valence-corrected chi connectivity index (χ1v) is 6.78. The largest absolute Gasteiger partial charge is 0.284 e. The Balaban J connectivity index is 2.36. The molecule has 0 spiro atoms. The quantitative estimate of drug-likeness (QED) is 0.725. The minimum absolute atomic E-state index is 0.179. The normalized spacial score (nSPS) is 14.7. The Morgan fingerprint density at radius 2 is 1.79 bits per heavy atom. The monoisotopic (exact) mass is 254 g/mol. The number of para-hydroxylation sites is 1. The van der Waals surface area contributed by atoms with Crippen molar-refractivity contribution < 1.29 is 0 Å². The third kappa shape index (κ3) is 3.19. The number of benzene rings is 1. The van der Waals surface area contributed by atoms with E-state index in [2.05, 4.69) is 50.9 Å². The van der Waals surface area contributed by atoms with Gasteiger partial charge in [0.25, 0.3) is 0 Å². The van der Waals surface area contributed by atoms with Gasteiger partial charge >= 0.3 is 0 Å². The molecule has 100 valence electrons. The number of rotatable bonds is 2. The minimum atomic E-state index is 0.179. The molecule has 1 heterocycles. The van der Waals surface area contributed by atoms with E-state index in [9.17, 15) is 0 Å². The first-order chi connectivity index (χ1) is 8.88. The molecule has 0 saturated heterocycles. The smallest absolute Gasteiger partial charge is 0.0844 e. The van der Waals surface area contributed by atoms with Crippen molar-refractivity contribution in [2.75, 3.05) is 0 Å². The van der Waals surface area contributed by atoms with E-state index in [1.54, 1.807) is 0 Å². The zero-order valence-corrected chi connectivity index (χ0v) is 12.4. The number of nitrogens with zero attached hydrogens (tertiary/aromatic N) is 2. The second kappa shape index (κ2) is 5.12. The zero-order chi connectivity index (χ0) is 14.0. The van der Waals surface area contributed by atoms with Gasteiger partial charge in [-0.15, -0.1) is 0 Å². The molecule has 0 radical (unpaired) electrons. The molecule has 2 heteroatoms. The Morgan fingerprint density at radius 3 is 2.47 bits per heavy atom.